The molecule has 0 fully saturated rings. The van der Waals surface area contributed by atoms with Crippen molar-refractivity contribution in [2.45, 2.75) is 20.3 Å². The van der Waals surface area contributed by atoms with E-state index in [9.17, 15) is 13.6 Å². The summed E-state index contributed by atoms with van der Waals surface area (Å²) in [7, 11) is 0. The number of carbonyl (C=O) groups is 1. The van der Waals surface area contributed by atoms with Gasteiger partial charge in [0.2, 0.25) is 0 Å². The molecular weight excluding hydrogens is 228 g/mol. The van der Waals surface area contributed by atoms with Crippen molar-refractivity contribution in [2.24, 2.45) is 0 Å². The zero-order valence-electron chi connectivity index (χ0n) is 9.46. The first-order chi connectivity index (χ1) is 8.01. The molecule has 0 N–H and O–H groups in total. The molecule has 1 aromatic carbocycles. The number of nitriles is 1. The van der Waals surface area contributed by atoms with E-state index in [0.29, 0.717) is 0 Å². The number of nitrogens with zero attached hydrogens (tertiary/aromatic N) is 1. The van der Waals surface area contributed by atoms with E-state index in [2.05, 4.69) is 0 Å². The van der Waals surface area contributed by atoms with Gasteiger partial charge in [0, 0.05) is 5.56 Å². The highest BCUT2D eigenvalue weighted by molar-refractivity contribution is 5.97. The first kappa shape index (κ1) is 13.1. The Hall–Kier alpha value is -1.96. The summed E-state index contributed by atoms with van der Waals surface area (Å²) in [5, 5.41) is 8.81. The van der Waals surface area contributed by atoms with Crippen LogP contribution in [0, 0.1) is 11.3 Å². The van der Waals surface area contributed by atoms with Crippen LogP contribution in [0.2, 0.25) is 0 Å². The molecule has 3 nitrogen and oxygen atoms in total. The minimum absolute atomic E-state index is 0.0494. The molecule has 0 aliphatic carbocycles. The van der Waals surface area contributed by atoms with E-state index >= 15 is 0 Å². The third-order valence-corrected chi connectivity index (χ3v) is 2.18. The third kappa shape index (κ3) is 2.78. The topological polar surface area (TPSA) is 50.1 Å². The molecule has 90 valence electrons. The molecule has 1 aromatic rings. The molecular formula is C12H11F2NO2. The van der Waals surface area contributed by atoms with Gasteiger partial charge in [-0.25, -0.2) is 8.78 Å². The van der Waals surface area contributed by atoms with E-state index < -0.39 is 6.43 Å². The normalized spacial score (nSPS) is 10.1. The summed E-state index contributed by atoms with van der Waals surface area (Å²) < 4.78 is 30.5. The van der Waals surface area contributed by atoms with Gasteiger partial charge in [-0.1, -0.05) is 0 Å². The number of halogens is 2. The van der Waals surface area contributed by atoms with Gasteiger partial charge in [-0.3, -0.25) is 4.79 Å². The minimum atomic E-state index is -2.75. The highest BCUT2D eigenvalue weighted by Gasteiger charge is 2.19. The highest BCUT2D eigenvalue weighted by Crippen LogP contribution is 2.32. The minimum Gasteiger partial charge on any atom is -0.493 e. The number of ketones is 1. The average molecular weight is 239 g/mol. The number of carbonyl (C=O) groups excluding carboxylic acids is 1. The fourth-order valence-corrected chi connectivity index (χ4v) is 1.43. The van der Waals surface area contributed by atoms with Crippen molar-refractivity contribution in [1.29, 1.82) is 5.26 Å². The number of Topliss-reactive ketones (excluding diaryl/α,β-unsaturated/α-hetero) is 1. The van der Waals surface area contributed by atoms with Crippen LogP contribution in [0.4, 0.5) is 8.78 Å². The predicted molar refractivity (Wildman–Crippen MR) is 57.3 cm³/mol. The van der Waals surface area contributed by atoms with Crippen LogP contribution in [-0.4, -0.2) is 12.4 Å². The monoisotopic (exact) mass is 239 g/mol. The van der Waals surface area contributed by atoms with E-state index in [1.807, 2.05) is 0 Å². The molecule has 1 rings (SSSR count). The highest BCUT2D eigenvalue weighted by atomic mass is 19.3. The summed E-state index contributed by atoms with van der Waals surface area (Å²) in [4.78, 5) is 11.3. The van der Waals surface area contributed by atoms with Gasteiger partial charge in [-0.2, -0.15) is 5.26 Å². The van der Waals surface area contributed by atoms with Crippen molar-refractivity contribution < 1.29 is 18.3 Å². The Morgan fingerprint density at radius 1 is 1.53 bits per heavy atom. The summed E-state index contributed by atoms with van der Waals surface area (Å²) in [5.41, 5.74) is -0.329. The molecule has 0 unspecified atom stereocenters. The second-order valence-corrected chi connectivity index (χ2v) is 3.34. The predicted octanol–water partition coefficient (Wildman–Crippen LogP) is 3.10. The molecule has 17 heavy (non-hydrogen) atoms. The molecule has 0 bridgehead atoms. The molecule has 0 saturated carbocycles. The van der Waals surface area contributed by atoms with Crippen LogP contribution in [0.1, 0.15) is 41.8 Å². The largest absolute Gasteiger partial charge is 0.493 e. The fraction of sp³-hybridized carbons (Fsp3) is 0.333. The third-order valence-electron chi connectivity index (χ3n) is 2.18. The maximum Gasteiger partial charge on any atom is 0.267 e. The summed E-state index contributed by atoms with van der Waals surface area (Å²) in [5.74, 6) is -0.407. The van der Waals surface area contributed by atoms with Crippen LogP contribution in [0.25, 0.3) is 0 Å². The zero-order chi connectivity index (χ0) is 13.0. The number of hydrogen-bond acceptors (Lipinski definition) is 3. The first-order valence-corrected chi connectivity index (χ1v) is 5.01. The molecule has 0 amide bonds. The van der Waals surface area contributed by atoms with Gasteiger partial charge in [-0.05, 0) is 26.0 Å². The van der Waals surface area contributed by atoms with Crippen LogP contribution in [0.15, 0.2) is 12.1 Å². The second-order valence-electron chi connectivity index (χ2n) is 3.34. The molecule has 0 aliphatic rings. The Bertz CT molecular complexity index is 478. The van der Waals surface area contributed by atoms with Crippen molar-refractivity contribution in [3.8, 4) is 11.8 Å². The lowest BCUT2D eigenvalue weighted by molar-refractivity contribution is 0.101. The van der Waals surface area contributed by atoms with Gasteiger partial charge in [0.15, 0.2) is 5.78 Å². The van der Waals surface area contributed by atoms with Gasteiger partial charge in [0.25, 0.3) is 6.43 Å². The van der Waals surface area contributed by atoms with Crippen LogP contribution in [0.3, 0.4) is 0 Å². The molecule has 0 aromatic heterocycles. The van der Waals surface area contributed by atoms with Gasteiger partial charge in [0.1, 0.15) is 5.75 Å². The maximum absolute atomic E-state index is 12.7. The summed E-state index contributed by atoms with van der Waals surface area (Å²) >= 11 is 0. The zero-order valence-corrected chi connectivity index (χ0v) is 9.46. The number of rotatable bonds is 4. The molecule has 0 atom stereocenters. The Morgan fingerprint density at radius 3 is 2.59 bits per heavy atom. The Labute approximate surface area is 97.6 Å². The van der Waals surface area contributed by atoms with Crippen molar-refractivity contribution >= 4 is 5.78 Å². The number of alkyl halides is 2. The van der Waals surface area contributed by atoms with Gasteiger partial charge < -0.3 is 4.74 Å². The fourth-order valence-electron chi connectivity index (χ4n) is 1.43. The van der Waals surface area contributed by atoms with Crippen molar-refractivity contribution in [3.05, 3.63) is 28.8 Å². The van der Waals surface area contributed by atoms with Crippen molar-refractivity contribution in [2.75, 3.05) is 6.61 Å². The Morgan fingerprint density at radius 2 is 2.18 bits per heavy atom. The van der Waals surface area contributed by atoms with Crippen LogP contribution < -0.4 is 4.74 Å². The number of ether oxygens (including phenoxy) is 1. The lowest BCUT2D eigenvalue weighted by Gasteiger charge is -2.12. The van der Waals surface area contributed by atoms with Crippen LogP contribution in [0.5, 0.6) is 5.75 Å². The summed E-state index contributed by atoms with van der Waals surface area (Å²) in [6.45, 7) is 3.14. The number of hydrogen-bond donors (Lipinski definition) is 0. The molecule has 0 saturated heterocycles. The molecule has 0 radical (unpaired) electrons. The summed E-state index contributed by atoms with van der Waals surface area (Å²) in [6.07, 6.45) is -2.75. The Balaban J connectivity index is 3.43. The van der Waals surface area contributed by atoms with E-state index in [1.165, 1.54) is 13.0 Å². The SMILES string of the molecule is CCOc1cc(C(C)=O)c(C#N)cc1C(F)F. The van der Waals surface area contributed by atoms with E-state index in [0.717, 1.165) is 6.07 Å². The quantitative estimate of drug-likeness (QED) is 0.758. The first-order valence-electron chi connectivity index (χ1n) is 5.01. The van der Waals surface area contributed by atoms with Gasteiger partial charge in [-0.15, -0.1) is 0 Å². The van der Waals surface area contributed by atoms with E-state index in [1.54, 1.807) is 13.0 Å². The molecule has 5 heteroatoms. The van der Waals surface area contributed by atoms with Crippen molar-refractivity contribution in [1.82, 2.24) is 0 Å². The average Bonchev–Trinajstić information content (AvgIpc) is 2.28. The number of benzene rings is 1. The molecule has 0 aliphatic heterocycles. The second kappa shape index (κ2) is 5.39. The van der Waals surface area contributed by atoms with E-state index in [-0.39, 0.29) is 34.8 Å². The van der Waals surface area contributed by atoms with Crippen LogP contribution in [-0.2, 0) is 0 Å². The van der Waals surface area contributed by atoms with Crippen LogP contribution >= 0.6 is 0 Å². The lowest BCUT2D eigenvalue weighted by Crippen LogP contribution is -2.03. The smallest absolute Gasteiger partial charge is 0.267 e. The Kier molecular flexibility index (Phi) is 4.16. The lowest BCUT2D eigenvalue weighted by atomic mass is 10.0. The standard InChI is InChI=1S/C12H11F2NO2/c1-3-17-11-5-9(7(2)16)8(6-15)4-10(11)12(13)14/h4-5,12H,3H2,1-2H3. The van der Waals surface area contributed by atoms with Gasteiger partial charge in [0.05, 0.1) is 23.8 Å². The van der Waals surface area contributed by atoms with E-state index in [4.69, 9.17) is 10.00 Å². The molecule has 0 heterocycles. The maximum atomic E-state index is 12.7. The van der Waals surface area contributed by atoms with Gasteiger partial charge >= 0.3 is 0 Å². The summed E-state index contributed by atoms with van der Waals surface area (Å²) in [6, 6.07) is 3.94. The molecule has 0 spiro atoms. The van der Waals surface area contributed by atoms with Crippen molar-refractivity contribution in [3.63, 3.8) is 0 Å².